The van der Waals surface area contributed by atoms with Gasteiger partial charge in [-0.25, -0.2) is 0 Å². The molecule has 1 heterocycles. The molecule has 24 heavy (non-hydrogen) atoms. The number of nitrogens with zero attached hydrogens (tertiary/aromatic N) is 3. The van der Waals surface area contributed by atoms with Crippen molar-refractivity contribution in [1.82, 2.24) is 9.78 Å². The number of aromatic nitrogens is 2. The van der Waals surface area contributed by atoms with Crippen molar-refractivity contribution < 1.29 is 9.53 Å². The molecule has 0 aliphatic rings. The van der Waals surface area contributed by atoms with Crippen LogP contribution in [0.1, 0.15) is 46.2 Å². The second-order valence-electron chi connectivity index (χ2n) is 7.16. The average Bonchev–Trinajstić information content (AvgIpc) is 2.80. The molecule has 1 aromatic heterocycles. The molecule has 128 valence electrons. The second kappa shape index (κ2) is 6.56. The van der Waals surface area contributed by atoms with Crippen molar-refractivity contribution in [2.24, 2.45) is 7.05 Å². The third kappa shape index (κ3) is 3.96. The van der Waals surface area contributed by atoms with Gasteiger partial charge in [-0.2, -0.15) is 10.4 Å². The van der Waals surface area contributed by atoms with E-state index in [4.69, 9.17) is 4.74 Å². The molecule has 0 bridgehead atoms. The van der Waals surface area contributed by atoms with Gasteiger partial charge in [-0.3, -0.25) is 9.48 Å². The average molecular weight is 392 g/mol. The summed E-state index contributed by atoms with van der Waals surface area (Å²) in [6.45, 7) is 7.32. The number of hydrogen-bond acceptors (Lipinski definition) is 4. The van der Waals surface area contributed by atoms with Crippen molar-refractivity contribution in [1.29, 1.82) is 5.26 Å². The van der Waals surface area contributed by atoms with E-state index < -0.39 is 11.0 Å². The zero-order chi connectivity index (χ0) is 18.1. The van der Waals surface area contributed by atoms with E-state index in [9.17, 15) is 10.1 Å². The summed E-state index contributed by atoms with van der Waals surface area (Å²) in [4.78, 5) is 12.0. The molecule has 1 aromatic carbocycles. The van der Waals surface area contributed by atoms with Gasteiger partial charge in [0.25, 0.3) is 0 Å². The minimum Gasteiger partial charge on any atom is -0.460 e. The van der Waals surface area contributed by atoms with Gasteiger partial charge in [0.1, 0.15) is 5.60 Å². The fraction of sp³-hybridized carbons (Fsp3) is 0.500. The number of halogens is 1. The Hall–Kier alpha value is -1.87. The van der Waals surface area contributed by atoms with E-state index in [2.05, 4.69) is 27.1 Å². The summed E-state index contributed by atoms with van der Waals surface area (Å²) >= 11 is 3.45. The Bertz CT molecular complexity index is 814. The highest BCUT2D eigenvalue weighted by atomic mass is 79.9. The number of aryl methyl sites for hydroxylation is 1. The summed E-state index contributed by atoms with van der Waals surface area (Å²) in [6, 6.07) is 8.19. The maximum atomic E-state index is 12.0. The summed E-state index contributed by atoms with van der Waals surface area (Å²) in [7, 11) is 1.85. The molecule has 0 aliphatic heterocycles. The van der Waals surface area contributed by atoms with Crippen molar-refractivity contribution in [3.05, 3.63) is 28.4 Å². The molecule has 6 heteroatoms. The lowest BCUT2D eigenvalue weighted by Crippen LogP contribution is -2.27. The van der Waals surface area contributed by atoms with Gasteiger partial charge in [0, 0.05) is 23.3 Å². The Balaban J connectivity index is 2.31. The molecule has 5 nitrogen and oxygen atoms in total. The van der Waals surface area contributed by atoms with Gasteiger partial charge in [-0.1, -0.05) is 15.9 Å². The summed E-state index contributed by atoms with van der Waals surface area (Å²) in [5, 5.41) is 15.2. The van der Waals surface area contributed by atoms with Crippen LogP contribution >= 0.6 is 15.9 Å². The highest BCUT2D eigenvalue weighted by molar-refractivity contribution is 9.10. The lowest BCUT2D eigenvalue weighted by Gasteiger charge is -2.22. The molecule has 0 fully saturated rings. The third-order valence-corrected chi connectivity index (χ3v) is 4.33. The number of rotatable bonds is 4. The molecule has 2 rings (SSSR count). The van der Waals surface area contributed by atoms with Crippen LogP contribution in [0.25, 0.3) is 10.9 Å². The summed E-state index contributed by atoms with van der Waals surface area (Å²) in [5.74, 6) is -0.299. The third-order valence-electron chi connectivity index (χ3n) is 3.83. The number of esters is 1. The molecular formula is C18H22BrN3O2. The quantitative estimate of drug-likeness (QED) is 0.730. The maximum absolute atomic E-state index is 12.0. The second-order valence-corrected chi connectivity index (χ2v) is 8.08. The van der Waals surface area contributed by atoms with Gasteiger partial charge in [0.15, 0.2) is 0 Å². The Morgan fingerprint density at radius 3 is 2.62 bits per heavy atom. The first-order chi connectivity index (χ1) is 11.1. The summed E-state index contributed by atoms with van der Waals surface area (Å²) in [6.07, 6.45) is 0.538. The number of fused-ring (bicyclic) bond motifs is 1. The first-order valence-corrected chi connectivity index (χ1v) is 8.61. The Morgan fingerprint density at radius 2 is 2.04 bits per heavy atom. The van der Waals surface area contributed by atoms with Gasteiger partial charge in [0.2, 0.25) is 0 Å². The van der Waals surface area contributed by atoms with Crippen molar-refractivity contribution >= 4 is 32.8 Å². The Labute approximate surface area is 150 Å². The van der Waals surface area contributed by atoms with Crippen LogP contribution in [0.3, 0.4) is 0 Å². The van der Waals surface area contributed by atoms with Gasteiger partial charge in [0.05, 0.1) is 22.7 Å². The minimum atomic E-state index is -0.857. The van der Waals surface area contributed by atoms with E-state index in [1.807, 2.05) is 52.9 Å². The highest BCUT2D eigenvalue weighted by Gasteiger charge is 2.33. The zero-order valence-electron chi connectivity index (χ0n) is 14.7. The standard InChI is InChI=1S/C18H22BrN3O2/c1-17(2,3)24-15(23)8-9-18(4,11-20)16-13-7-6-12(19)10-14(13)22(5)21-16/h6-7,10H,8-9H2,1-5H3. The first-order valence-electron chi connectivity index (χ1n) is 7.81. The summed E-state index contributed by atoms with van der Waals surface area (Å²) < 4.78 is 8.06. The predicted molar refractivity (Wildman–Crippen MR) is 96.5 cm³/mol. The van der Waals surface area contributed by atoms with Crippen LogP contribution in [-0.2, 0) is 22.0 Å². The van der Waals surface area contributed by atoms with Crippen molar-refractivity contribution in [2.45, 2.75) is 51.6 Å². The smallest absolute Gasteiger partial charge is 0.306 e. The minimum absolute atomic E-state index is 0.177. The lowest BCUT2D eigenvalue weighted by molar-refractivity contribution is -0.155. The van der Waals surface area contributed by atoms with Crippen LogP contribution < -0.4 is 0 Å². The first kappa shape index (κ1) is 18.5. The van der Waals surface area contributed by atoms with Crippen LogP contribution in [0.4, 0.5) is 0 Å². The molecular weight excluding hydrogens is 370 g/mol. The van der Waals surface area contributed by atoms with E-state index in [1.165, 1.54) is 0 Å². The Morgan fingerprint density at radius 1 is 1.38 bits per heavy atom. The largest absolute Gasteiger partial charge is 0.460 e. The van der Waals surface area contributed by atoms with Gasteiger partial charge >= 0.3 is 5.97 Å². The molecule has 0 N–H and O–H groups in total. The van der Waals surface area contributed by atoms with Crippen molar-refractivity contribution in [2.75, 3.05) is 0 Å². The van der Waals surface area contributed by atoms with E-state index in [0.717, 1.165) is 15.4 Å². The number of carbonyl (C=O) groups is 1. The summed E-state index contributed by atoms with van der Waals surface area (Å²) in [5.41, 5.74) is 0.255. The predicted octanol–water partition coefficient (Wildman–Crippen LogP) is 4.24. The normalized spacial score (nSPS) is 14.2. The Kier molecular flexibility index (Phi) is 5.05. The van der Waals surface area contributed by atoms with Crippen molar-refractivity contribution in [3.63, 3.8) is 0 Å². The van der Waals surface area contributed by atoms with E-state index >= 15 is 0 Å². The molecule has 0 spiro atoms. The topological polar surface area (TPSA) is 67.9 Å². The molecule has 0 saturated carbocycles. The van der Waals surface area contributed by atoms with Gasteiger partial charge in [-0.05, 0) is 52.3 Å². The molecule has 0 amide bonds. The van der Waals surface area contributed by atoms with Gasteiger partial charge in [-0.15, -0.1) is 0 Å². The number of hydrogen-bond donors (Lipinski definition) is 0. The monoisotopic (exact) mass is 391 g/mol. The number of benzene rings is 1. The molecule has 1 unspecified atom stereocenters. The molecule has 1 atom stereocenters. The molecule has 0 aliphatic carbocycles. The molecule has 2 aromatic rings. The van der Waals surface area contributed by atoms with Crippen LogP contribution in [-0.4, -0.2) is 21.4 Å². The van der Waals surface area contributed by atoms with Crippen LogP contribution in [0.15, 0.2) is 22.7 Å². The number of ether oxygens (including phenoxy) is 1. The highest BCUT2D eigenvalue weighted by Crippen LogP contribution is 2.34. The maximum Gasteiger partial charge on any atom is 0.306 e. The van der Waals surface area contributed by atoms with Gasteiger partial charge < -0.3 is 4.74 Å². The van der Waals surface area contributed by atoms with E-state index in [0.29, 0.717) is 12.1 Å². The van der Waals surface area contributed by atoms with Crippen LogP contribution in [0, 0.1) is 11.3 Å². The fourth-order valence-electron chi connectivity index (χ4n) is 2.61. The van der Waals surface area contributed by atoms with Crippen molar-refractivity contribution in [3.8, 4) is 6.07 Å². The van der Waals surface area contributed by atoms with Crippen LogP contribution in [0.2, 0.25) is 0 Å². The number of carbonyl (C=O) groups excluding carboxylic acids is 1. The van der Waals surface area contributed by atoms with Crippen LogP contribution in [0.5, 0.6) is 0 Å². The fourth-order valence-corrected chi connectivity index (χ4v) is 2.96. The van der Waals surface area contributed by atoms with E-state index in [-0.39, 0.29) is 12.4 Å². The number of nitriles is 1. The molecule has 0 radical (unpaired) electrons. The molecule has 0 saturated heterocycles. The lowest BCUT2D eigenvalue weighted by atomic mass is 9.82. The zero-order valence-corrected chi connectivity index (χ0v) is 16.3. The SMILES string of the molecule is Cn1nc(C(C)(C#N)CCC(=O)OC(C)(C)C)c2ccc(Br)cc21. The van der Waals surface area contributed by atoms with E-state index in [1.54, 1.807) is 4.68 Å².